The molecule has 0 aliphatic rings. The Morgan fingerprint density at radius 1 is 1.21 bits per heavy atom. The molecule has 0 aromatic carbocycles. The van der Waals surface area contributed by atoms with Crippen molar-refractivity contribution in [3.05, 3.63) is 0 Å². The lowest BCUT2D eigenvalue weighted by Gasteiger charge is -2.11. The summed E-state index contributed by atoms with van der Waals surface area (Å²) in [5.41, 5.74) is 0. The highest BCUT2D eigenvalue weighted by Crippen LogP contribution is 2.00. The van der Waals surface area contributed by atoms with Gasteiger partial charge in [0.05, 0.1) is 0 Å². The molecule has 0 rings (SSSR count). The van der Waals surface area contributed by atoms with E-state index in [0.717, 1.165) is 43.7 Å². The van der Waals surface area contributed by atoms with E-state index in [9.17, 15) is 4.21 Å². The Hall–Kier alpha value is 0.110. The van der Waals surface area contributed by atoms with E-state index in [1.54, 1.807) is 0 Å². The molecule has 0 saturated carbocycles. The van der Waals surface area contributed by atoms with Gasteiger partial charge in [-0.1, -0.05) is 20.3 Å². The molecule has 86 valence electrons. The van der Waals surface area contributed by atoms with Gasteiger partial charge >= 0.3 is 0 Å². The number of unbranched alkanes of at least 4 members (excludes halogenated alkanes) is 1. The van der Waals surface area contributed by atoms with Crippen molar-refractivity contribution in [2.75, 3.05) is 18.1 Å². The Labute approximate surface area is 91.3 Å². The summed E-state index contributed by atoms with van der Waals surface area (Å²) >= 11 is 0. The van der Waals surface area contributed by atoms with Gasteiger partial charge in [0.15, 0.2) is 0 Å². The molecule has 0 aromatic rings. The van der Waals surface area contributed by atoms with Gasteiger partial charge in [-0.3, -0.25) is 4.21 Å². The van der Waals surface area contributed by atoms with Crippen molar-refractivity contribution >= 4 is 10.8 Å². The number of nitrogens with one attached hydrogen (secondary N) is 1. The first-order valence-corrected chi connectivity index (χ1v) is 7.27. The molecular formula is C11H25NOS. The van der Waals surface area contributed by atoms with Gasteiger partial charge in [-0.25, -0.2) is 0 Å². The van der Waals surface area contributed by atoms with Crippen LogP contribution in [0.3, 0.4) is 0 Å². The summed E-state index contributed by atoms with van der Waals surface area (Å²) in [5, 5.41) is 3.36. The van der Waals surface area contributed by atoms with Crippen molar-refractivity contribution < 1.29 is 4.21 Å². The minimum Gasteiger partial charge on any atom is -0.315 e. The lowest BCUT2D eigenvalue weighted by molar-refractivity contribution is 0.525. The third kappa shape index (κ3) is 8.70. The van der Waals surface area contributed by atoms with Crippen LogP contribution >= 0.6 is 0 Å². The molecule has 0 bridgehead atoms. The highest BCUT2D eigenvalue weighted by Gasteiger charge is 2.02. The Morgan fingerprint density at radius 2 is 1.86 bits per heavy atom. The first-order chi connectivity index (χ1) is 6.70. The molecule has 0 saturated heterocycles. The first kappa shape index (κ1) is 14.1. The lowest BCUT2D eigenvalue weighted by atomic mass is 10.2. The lowest BCUT2D eigenvalue weighted by Crippen LogP contribution is -2.25. The summed E-state index contributed by atoms with van der Waals surface area (Å²) in [6.07, 6.45) is 4.49. The molecule has 2 unspecified atom stereocenters. The third-order valence-corrected chi connectivity index (χ3v) is 3.78. The maximum Gasteiger partial charge on any atom is 0.0235 e. The Balaban J connectivity index is 3.30. The minimum atomic E-state index is -0.568. The second kappa shape index (κ2) is 9.66. The predicted octanol–water partition coefficient (Wildman–Crippen LogP) is 2.31. The third-order valence-electron chi connectivity index (χ3n) is 2.29. The highest BCUT2D eigenvalue weighted by molar-refractivity contribution is 7.84. The Bertz CT molecular complexity index is 150. The maximum atomic E-state index is 11.4. The zero-order valence-electron chi connectivity index (χ0n) is 9.84. The van der Waals surface area contributed by atoms with Crippen molar-refractivity contribution in [1.82, 2.24) is 5.32 Å². The zero-order valence-corrected chi connectivity index (χ0v) is 10.7. The minimum absolute atomic E-state index is 0.568. The van der Waals surface area contributed by atoms with Crippen LogP contribution in [0.4, 0.5) is 0 Å². The fourth-order valence-corrected chi connectivity index (χ4v) is 2.71. The van der Waals surface area contributed by atoms with Crippen molar-refractivity contribution in [1.29, 1.82) is 0 Å². The van der Waals surface area contributed by atoms with Gasteiger partial charge in [-0.05, 0) is 32.7 Å². The Morgan fingerprint density at radius 3 is 2.43 bits per heavy atom. The average molecular weight is 219 g/mol. The second-order valence-corrected chi connectivity index (χ2v) is 5.50. The second-order valence-electron chi connectivity index (χ2n) is 3.80. The van der Waals surface area contributed by atoms with Gasteiger partial charge in [-0.2, -0.15) is 0 Å². The largest absolute Gasteiger partial charge is 0.315 e. The molecule has 0 heterocycles. The van der Waals surface area contributed by atoms with E-state index in [4.69, 9.17) is 0 Å². The van der Waals surface area contributed by atoms with Gasteiger partial charge in [0, 0.05) is 28.3 Å². The van der Waals surface area contributed by atoms with E-state index in [2.05, 4.69) is 26.1 Å². The monoisotopic (exact) mass is 219 g/mol. The quantitative estimate of drug-likeness (QED) is 0.645. The highest BCUT2D eigenvalue weighted by atomic mass is 32.2. The summed E-state index contributed by atoms with van der Waals surface area (Å²) in [4.78, 5) is 0. The fourth-order valence-electron chi connectivity index (χ4n) is 1.41. The van der Waals surface area contributed by atoms with E-state index < -0.39 is 10.8 Å². The zero-order chi connectivity index (χ0) is 10.8. The predicted molar refractivity (Wildman–Crippen MR) is 65.2 cm³/mol. The standard InChI is InChI=1S/C11H25NOS/c1-4-6-9-14(13)10-7-8-11(3)12-5-2/h11-12H,4-10H2,1-3H3. The van der Waals surface area contributed by atoms with Crippen LogP contribution in [0.1, 0.15) is 46.5 Å². The molecule has 0 fully saturated rings. The van der Waals surface area contributed by atoms with E-state index in [1.807, 2.05) is 0 Å². The molecule has 0 aromatic heterocycles. The molecule has 0 spiro atoms. The van der Waals surface area contributed by atoms with Crippen LogP contribution in [0.2, 0.25) is 0 Å². The van der Waals surface area contributed by atoms with Crippen molar-refractivity contribution in [3.63, 3.8) is 0 Å². The van der Waals surface area contributed by atoms with Gasteiger partial charge in [0.25, 0.3) is 0 Å². The van der Waals surface area contributed by atoms with Crippen LogP contribution in [-0.2, 0) is 10.8 Å². The van der Waals surface area contributed by atoms with E-state index in [1.165, 1.54) is 0 Å². The van der Waals surface area contributed by atoms with Crippen molar-refractivity contribution in [2.45, 2.75) is 52.5 Å². The van der Waals surface area contributed by atoms with E-state index in [-0.39, 0.29) is 0 Å². The molecule has 3 heteroatoms. The number of hydrogen-bond acceptors (Lipinski definition) is 2. The number of hydrogen-bond donors (Lipinski definition) is 1. The van der Waals surface area contributed by atoms with Crippen LogP contribution in [0.15, 0.2) is 0 Å². The topological polar surface area (TPSA) is 29.1 Å². The normalized spacial score (nSPS) is 15.4. The van der Waals surface area contributed by atoms with Crippen LogP contribution in [0.25, 0.3) is 0 Å². The Kier molecular flexibility index (Phi) is 9.73. The molecule has 2 atom stereocenters. The van der Waals surface area contributed by atoms with Gasteiger partial charge in [-0.15, -0.1) is 0 Å². The molecule has 14 heavy (non-hydrogen) atoms. The molecule has 1 N–H and O–H groups in total. The maximum absolute atomic E-state index is 11.4. The van der Waals surface area contributed by atoms with Crippen molar-refractivity contribution in [3.8, 4) is 0 Å². The average Bonchev–Trinajstić information content (AvgIpc) is 2.15. The smallest absolute Gasteiger partial charge is 0.0235 e. The molecule has 0 aliphatic heterocycles. The fraction of sp³-hybridized carbons (Fsp3) is 1.00. The molecule has 0 amide bonds. The SMILES string of the molecule is CCCCS(=O)CCCC(C)NCC. The van der Waals surface area contributed by atoms with Gasteiger partial charge < -0.3 is 5.32 Å². The number of rotatable bonds is 9. The molecule has 0 aliphatic carbocycles. The summed E-state index contributed by atoms with van der Waals surface area (Å²) < 4.78 is 11.4. The van der Waals surface area contributed by atoms with Crippen LogP contribution in [0.5, 0.6) is 0 Å². The van der Waals surface area contributed by atoms with Crippen molar-refractivity contribution in [2.24, 2.45) is 0 Å². The van der Waals surface area contributed by atoms with Gasteiger partial charge in [0.1, 0.15) is 0 Å². The van der Waals surface area contributed by atoms with Crippen LogP contribution < -0.4 is 5.32 Å². The van der Waals surface area contributed by atoms with Crippen LogP contribution in [-0.4, -0.2) is 28.3 Å². The summed E-state index contributed by atoms with van der Waals surface area (Å²) in [6, 6.07) is 0.572. The molecular weight excluding hydrogens is 194 g/mol. The molecule has 2 nitrogen and oxygen atoms in total. The molecule has 0 radical (unpaired) electrons. The van der Waals surface area contributed by atoms with Gasteiger partial charge in [0.2, 0.25) is 0 Å². The summed E-state index contributed by atoms with van der Waals surface area (Å²) in [6.45, 7) is 7.49. The summed E-state index contributed by atoms with van der Waals surface area (Å²) in [5.74, 6) is 1.78. The van der Waals surface area contributed by atoms with E-state index in [0.29, 0.717) is 6.04 Å². The summed E-state index contributed by atoms with van der Waals surface area (Å²) in [7, 11) is -0.568. The first-order valence-electron chi connectivity index (χ1n) is 5.79. The van der Waals surface area contributed by atoms with Crippen LogP contribution in [0, 0.1) is 0 Å². The van der Waals surface area contributed by atoms with E-state index >= 15 is 0 Å².